The van der Waals surface area contributed by atoms with E-state index in [0.717, 1.165) is 13.0 Å². The Bertz CT molecular complexity index is 342. The van der Waals surface area contributed by atoms with Crippen molar-refractivity contribution in [1.82, 2.24) is 9.88 Å². The zero-order valence-corrected chi connectivity index (χ0v) is 10.8. The van der Waals surface area contributed by atoms with E-state index in [4.69, 9.17) is 10.5 Å². The molecular weight excluding hydrogens is 234 g/mol. The van der Waals surface area contributed by atoms with E-state index in [1.807, 2.05) is 23.9 Å². The summed E-state index contributed by atoms with van der Waals surface area (Å²) >= 11 is 2.04. The predicted octanol–water partition coefficient (Wildman–Crippen LogP) is 1.48. The molecule has 2 rings (SSSR count). The second kappa shape index (κ2) is 6.71. The highest BCUT2D eigenvalue weighted by Crippen LogP contribution is 2.16. The van der Waals surface area contributed by atoms with Gasteiger partial charge in [0.2, 0.25) is 5.88 Å². The summed E-state index contributed by atoms with van der Waals surface area (Å²) in [6.45, 7) is 4.20. The molecule has 0 unspecified atom stereocenters. The van der Waals surface area contributed by atoms with E-state index in [1.165, 1.54) is 24.6 Å². The molecule has 0 saturated carbocycles. The minimum Gasteiger partial charge on any atom is -0.476 e. The third-order valence-corrected chi connectivity index (χ3v) is 3.70. The zero-order chi connectivity index (χ0) is 11.9. The molecular formula is C12H19N3OS. The van der Waals surface area contributed by atoms with Crippen LogP contribution in [0.25, 0.3) is 0 Å². The van der Waals surface area contributed by atoms with Crippen LogP contribution in [-0.4, -0.2) is 47.6 Å². The van der Waals surface area contributed by atoms with Crippen LogP contribution >= 0.6 is 11.8 Å². The fraction of sp³-hybridized carbons (Fsp3) is 0.583. The Labute approximate surface area is 107 Å². The Balaban J connectivity index is 1.64. The van der Waals surface area contributed by atoms with Gasteiger partial charge in [-0.05, 0) is 18.6 Å². The number of nitrogens with two attached hydrogens (primary N) is 1. The molecule has 1 saturated heterocycles. The Morgan fingerprint density at radius 1 is 1.41 bits per heavy atom. The van der Waals surface area contributed by atoms with Crippen molar-refractivity contribution in [2.75, 3.05) is 43.5 Å². The van der Waals surface area contributed by atoms with Crippen LogP contribution in [0.1, 0.15) is 6.42 Å². The first-order valence-corrected chi connectivity index (χ1v) is 7.15. The first-order valence-electron chi connectivity index (χ1n) is 5.99. The van der Waals surface area contributed by atoms with Gasteiger partial charge in [-0.25, -0.2) is 4.98 Å². The van der Waals surface area contributed by atoms with Gasteiger partial charge in [-0.3, -0.25) is 0 Å². The van der Waals surface area contributed by atoms with Crippen molar-refractivity contribution in [2.24, 2.45) is 0 Å². The summed E-state index contributed by atoms with van der Waals surface area (Å²) in [5, 5.41) is 0. The smallest absolute Gasteiger partial charge is 0.237 e. The number of nitrogens with zero attached hydrogens (tertiary/aromatic N) is 2. The first kappa shape index (κ1) is 12.5. The van der Waals surface area contributed by atoms with E-state index in [-0.39, 0.29) is 0 Å². The van der Waals surface area contributed by atoms with Gasteiger partial charge in [0.1, 0.15) is 0 Å². The number of nitrogen functional groups attached to an aromatic ring is 1. The van der Waals surface area contributed by atoms with Crippen molar-refractivity contribution in [2.45, 2.75) is 6.42 Å². The number of anilines is 1. The van der Waals surface area contributed by atoms with Gasteiger partial charge in [0, 0.05) is 37.3 Å². The van der Waals surface area contributed by atoms with Crippen LogP contribution in [0, 0.1) is 0 Å². The summed E-state index contributed by atoms with van der Waals surface area (Å²) in [6, 6.07) is 3.62. The fourth-order valence-corrected chi connectivity index (χ4v) is 2.78. The quantitative estimate of drug-likeness (QED) is 0.806. The van der Waals surface area contributed by atoms with Crippen LogP contribution in [0.15, 0.2) is 18.3 Å². The van der Waals surface area contributed by atoms with E-state index in [1.54, 1.807) is 6.20 Å². The lowest BCUT2D eigenvalue weighted by molar-refractivity contribution is 0.244. The molecule has 1 aromatic rings. The van der Waals surface area contributed by atoms with Crippen molar-refractivity contribution < 1.29 is 4.74 Å². The van der Waals surface area contributed by atoms with E-state index in [9.17, 15) is 0 Å². The number of pyridine rings is 1. The third kappa shape index (κ3) is 4.09. The summed E-state index contributed by atoms with van der Waals surface area (Å²) in [6.07, 6.45) is 2.73. The molecule has 0 amide bonds. The standard InChI is InChI=1S/C12H19N3OS/c13-11-3-1-4-14-12(11)16-8-2-5-15-6-9-17-10-7-15/h1,3-4H,2,5-10,13H2. The maximum absolute atomic E-state index is 5.74. The molecule has 2 N–H and O–H groups in total. The second-order valence-corrected chi connectivity index (χ2v) is 5.28. The van der Waals surface area contributed by atoms with Gasteiger partial charge < -0.3 is 15.4 Å². The third-order valence-electron chi connectivity index (χ3n) is 2.76. The summed E-state index contributed by atoms with van der Waals surface area (Å²) in [4.78, 5) is 6.59. The van der Waals surface area contributed by atoms with E-state index < -0.39 is 0 Å². The molecule has 17 heavy (non-hydrogen) atoms. The number of hydrogen-bond acceptors (Lipinski definition) is 5. The number of ether oxygens (including phenoxy) is 1. The molecule has 94 valence electrons. The van der Waals surface area contributed by atoms with Gasteiger partial charge in [0.15, 0.2) is 0 Å². The van der Waals surface area contributed by atoms with E-state index >= 15 is 0 Å². The Morgan fingerprint density at radius 2 is 2.24 bits per heavy atom. The van der Waals surface area contributed by atoms with Crippen molar-refractivity contribution in [1.29, 1.82) is 0 Å². The van der Waals surface area contributed by atoms with Crippen LogP contribution in [0.3, 0.4) is 0 Å². The summed E-state index contributed by atoms with van der Waals surface area (Å²) in [7, 11) is 0. The van der Waals surface area contributed by atoms with Crippen molar-refractivity contribution >= 4 is 17.4 Å². The average molecular weight is 253 g/mol. The number of rotatable bonds is 5. The van der Waals surface area contributed by atoms with Crippen molar-refractivity contribution in [3.05, 3.63) is 18.3 Å². The first-order chi connectivity index (χ1) is 8.36. The molecule has 0 radical (unpaired) electrons. The Kier molecular flexibility index (Phi) is 4.94. The normalized spacial score (nSPS) is 16.9. The Hall–Kier alpha value is -0.940. The van der Waals surface area contributed by atoms with Crippen LogP contribution in [0.2, 0.25) is 0 Å². The molecule has 5 heteroatoms. The lowest BCUT2D eigenvalue weighted by Crippen LogP contribution is -2.33. The average Bonchev–Trinajstić information content (AvgIpc) is 2.38. The fourth-order valence-electron chi connectivity index (χ4n) is 1.81. The summed E-state index contributed by atoms with van der Waals surface area (Å²) < 4.78 is 5.56. The Morgan fingerprint density at radius 3 is 3.00 bits per heavy atom. The molecule has 0 spiro atoms. The maximum Gasteiger partial charge on any atom is 0.237 e. The topological polar surface area (TPSA) is 51.4 Å². The van der Waals surface area contributed by atoms with Gasteiger partial charge >= 0.3 is 0 Å². The molecule has 1 fully saturated rings. The minimum absolute atomic E-state index is 0.557. The SMILES string of the molecule is Nc1cccnc1OCCCN1CCSCC1. The predicted molar refractivity (Wildman–Crippen MR) is 72.5 cm³/mol. The maximum atomic E-state index is 5.74. The molecule has 0 aromatic carbocycles. The lowest BCUT2D eigenvalue weighted by atomic mass is 10.4. The molecule has 0 aliphatic carbocycles. The largest absolute Gasteiger partial charge is 0.476 e. The van der Waals surface area contributed by atoms with Gasteiger partial charge in [-0.2, -0.15) is 11.8 Å². The molecule has 4 nitrogen and oxygen atoms in total. The summed E-state index contributed by atoms with van der Waals surface area (Å²) in [5.74, 6) is 3.07. The zero-order valence-electron chi connectivity index (χ0n) is 9.97. The van der Waals surface area contributed by atoms with Gasteiger partial charge in [0.05, 0.1) is 12.3 Å². The molecule has 0 bridgehead atoms. The number of hydrogen-bond donors (Lipinski definition) is 1. The number of thioether (sulfide) groups is 1. The van der Waals surface area contributed by atoms with Crippen LogP contribution in [0.4, 0.5) is 5.69 Å². The lowest BCUT2D eigenvalue weighted by Gasteiger charge is -2.25. The molecule has 1 aliphatic heterocycles. The van der Waals surface area contributed by atoms with Crippen LogP contribution in [-0.2, 0) is 0 Å². The molecule has 2 heterocycles. The molecule has 1 aromatic heterocycles. The van der Waals surface area contributed by atoms with E-state index in [2.05, 4.69) is 9.88 Å². The summed E-state index contributed by atoms with van der Waals surface area (Å²) in [5.41, 5.74) is 6.36. The number of aromatic nitrogens is 1. The van der Waals surface area contributed by atoms with Gasteiger partial charge in [0.25, 0.3) is 0 Å². The van der Waals surface area contributed by atoms with E-state index in [0.29, 0.717) is 18.2 Å². The minimum atomic E-state index is 0.557. The van der Waals surface area contributed by atoms with Crippen LogP contribution < -0.4 is 10.5 Å². The second-order valence-electron chi connectivity index (χ2n) is 4.05. The van der Waals surface area contributed by atoms with Gasteiger partial charge in [-0.15, -0.1) is 0 Å². The highest BCUT2D eigenvalue weighted by atomic mass is 32.2. The van der Waals surface area contributed by atoms with Gasteiger partial charge in [-0.1, -0.05) is 0 Å². The monoisotopic (exact) mass is 253 g/mol. The highest BCUT2D eigenvalue weighted by molar-refractivity contribution is 7.99. The molecule has 0 atom stereocenters. The van der Waals surface area contributed by atoms with Crippen molar-refractivity contribution in [3.63, 3.8) is 0 Å². The van der Waals surface area contributed by atoms with Crippen LogP contribution in [0.5, 0.6) is 5.88 Å². The molecule has 1 aliphatic rings. The van der Waals surface area contributed by atoms with Crippen molar-refractivity contribution in [3.8, 4) is 5.88 Å². The highest BCUT2D eigenvalue weighted by Gasteiger charge is 2.09.